The Balaban J connectivity index is 2.78. The van der Waals surface area contributed by atoms with E-state index in [1.54, 1.807) is 19.1 Å². The summed E-state index contributed by atoms with van der Waals surface area (Å²) in [5.41, 5.74) is 0.326. The van der Waals surface area contributed by atoms with E-state index in [-0.39, 0.29) is 11.9 Å². The molecular formula is C13H16ClNO3. The maximum atomic E-state index is 11.7. The second-order valence-corrected chi connectivity index (χ2v) is 4.66. The van der Waals surface area contributed by atoms with Crippen LogP contribution < -0.4 is 10.1 Å². The molecule has 1 unspecified atom stereocenters. The highest BCUT2D eigenvalue weighted by atomic mass is 35.5. The number of carbonyl (C=O) groups is 2. The van der Waals surface area contributed by atoms with E-state index in [1.165, 1.54) is 6.07 Å². The largest absolute Gasteiger partial charge is 0.480 e. The normalized spacial score (nSPS) is 12.1. The molecule has 0 saturated carbocycles. The van der Waals surface area contributed by atoms with Crippen LogP contribution in [0.1, 0.15) is 31.1 Å². The first kappa shape index (κ1) is 14.5. The van der Waals surface area contributed by atoms with Crippen LogP contribution in [0.2, 0.25) is 5.02 Å². The number of ether oxygens (including phenoxy) is 1. The maximum absolute atomic E-state index is 11.7. The molecule has 0 aliphatic rings. The fourth-order valence-electron chi connectivity index (χ4n) is 1.36. The molecule has 0 heterocycles. The number of benzene rings is 1. The third-order valence-electron chi connectivity index (χ3n) is 2.20. The van der Waals surface area contributed by atoms with Gasteiger partial charge in [0.15, 0.2) is 12.4 Å². The fourth-order valence-corrected chi connectivity index (χ4v) is 1.55. The van der Waals surface area contributed by atoms with E-state index < -0.39 is 6.10 Å². The van der Waals surface area contributed by atoms with Crippen molar-refractivity contribution in [2.75, 3.05) is 0 Å². The first-order valence-corrected chi connectivity index (χ1v) is 6.03. The van der Waals surface area contributed by atoms with Crippen LogP contribution in [0, 0.1) is 0 Å². The summed E-state index contributed by atoms with van der Waals surface area (Å²) in [7, 11) is 0. The summed E-state index contributed by atoms with van der Waals surface area (Å²) < 4.78 is 5.45. The fraction of sp³-hybridized carbons (Fsp3) is 0.385. The Morgan fingerprint density at radius 2 is 2.06 bits per heavy atom. The van der Waals surface area contributed by atoms with Gasteiger partial charge in [0.25, 0.3) is 5.91 Å². The van der Waals surface area contributed by atoms with Crippen LogP contribution in [-0.2, 0) is 4.79 Å². The molecular weight excluding hydrogens is 254 g/mol. The zero-order chi connectivity index (χ0) is 13.7. The van der Waals surface area contributed by atoms with Crippen LogP contribution in [0.3, 0.4) is 0 Å². The molecule has 98 valence electrons. The van der Waals surface area contributed by atoms with Crippen molar-refractivity contribution in [2.24, 2.45) is 0 Å². The molecule has 0 saturated heterocycles. The summed E-state index contributed by atoms with van der Waals surface area (Å²) in [6.45, 7) is 5.36. The third-order valence-corrected chi connectivity index (χ3v) is 2.44. The molecule has 4 nitrogen and oxygen atoms in total. The number of nitrogens with one attached hydrogen (secondary N) is 1. The van der Waals surface area contributed by atoms with Gasteiger partial charge in [-0.25, -0.2) is 0 Å². The van der Waals surface area contributed by atoms with Crippen LogP contribution >= 0.6 is 11.6 Å². The van der Waals surface area contributed by atoms with Crippen LogP contribution in [0.5, 0.6) is 5.75 Å². The minimum absolute atomic E-state index is 0.0410. The van der Waals surface area contributed by atoms with Crippen LogP contribution in [-0.4, -0.2) is 24.3 Å². The van der Waals surface area contributed by atoms with E-state index >= 15 is 0 Å². The zero-order valence-electron chi connectivity index (χ0n) is 10.6. The van der Waals surface area contributed by atoms with Crippen molar-refractivity contribution in [1.82, 2.24) is 5.32 Å². The number of hydrogen-bond donors (Lipinski definition) is 1. The molecule has 0 bridgehead atoms. The van der Waals surface area contributed by atoms with Gasteiger partial charge < -0.3 is 10.1 Å². The van der Waals surface area contributed by atoms with E-state index in [4.69, 9.17) is 16.3 Å². The van der Waals surface area contributed by atoms with Gasteiger partial charge in [0.1, 0.15) is 5.75 Å². The zero-order valence-corrected chi connectivity index (χ0v) is 11.3. The second-order valence-electron chi connectivity index (χ2n) is 4.22. The molecule has 0 spiro atoms. The van der Waals surface area contributed by atoms with Crippen molar-refractivity contribution in [3.05, 3.63) is 28.8 Å². The summed E-state index contributed by atoms with van der Waals surface area (Å²) in [6.07, 6.45) is -0.0267. The number of amides is 1. The second kappa shape index (κ2) is 6.40. The average Bonchev–Trinajstić information content (AvgIpc) is 2.30. The lowest BCUT2D eigenvalue weighted by Crippen LogP contribution is -2.40. The number of aldehydes is 1. The van der Waals surface area contributed by atoms with Gasteiger partial charge in [0.2, 0.25) is 0 Å². The number of rotatable bonds is 5. The van der Waals surface area contributed by atoms with Gasteiger partial charge in [-0.1, -0.05) is 11.6 Å². The lowest BCUT2D eigenvalue weighted by molar-refractivity contribution is -0.127. The SMILES string of the molecule is CC(C)NC(=O)C(C)Oc1ccc(Cl)cc1C=O. The van der Waals surface area contributed by atoms with Gasteiger partial charge in [-0.15, -0.1) is 0 Å². The molecule has 5 heteroatoms. The summed E-state index contributed by atoms with van der Waals surface area (Å²) in [4.78, 5) is 22.5. The van der Waals surface area contributed by atoms with Crippen LogP contribution in [0.15, 0.2) is 18.2 Å². The topological polar surface area (TPSA) is 55.4 Å². The smallest absolute Gasteiger partial charge is 0.260 e. The molecule has 18 heavy (non-hydrogen) atoms. The van der Waals surface area contributed by atoms with E-state index in [0.717, 1.165) is 0 Å². The molecule has 0 radical (unpaired) electrons. The van der Waals surface area contributed by atoms with Crippen LogP contribution in [0.4, 0.5) is 0 Å². The van der Waals surface area contributed by atoms with Gasteiger partial charge in [0, 0.05) is 11.1 Å². The van der Waals surface area contributed by atoms with Gasteiger partial charge >= 0.3 is 0 Å². The lowest BCUT2D eigenvalue weighted by atomic mass is 10.2. The first-order chi connectivity index (χ1) is 8.43. The van der Waals surface area contributed by atoms with Crippen molar-refractivity contribution in [1.29, 1.82) is 0 Å². The Bertz CT molecular complexity index is 446. The predicted molar refractivity (Wildman–Crippen MR) is 70.2 cm³/mol. The summed E-state index contributed by atoms with van der Waals surface area (Å²) in [6, 6.07) is 4.72. The van der Waals surface area contributed by atoms with Gasteiger partial charge in [0.05, 0.1) is 5.56 Å². The molecule has 1 aromatic rings. The molecule has 1 atom stereocenters. The number of hydrogen-bond acceptors (Lipinski definition) is 3. The summed E-state index contributed by atoms with van der Waals surface area (Å²) in [5, 5.41) is 3.18. The number of carbonyl (C=O) groups excluding carboxylic acids is 2. The first-order valence-electron chi connectivity index (χ1n) is 5.65. The minimum Gasteiger partial charge on any atom is -0.480 e. The van der Waals surface area contributed by atoms with Crippen molar-refractivity contribution in [3.8, 4) is 5.75 Å². The Hall–Kier alpha value is -1.55. The van der Waals surface area contributed by atoms with E-state index in [1.807, 2.05) is 13.8 Å². The highest BCUT2D eigenvalue weighted by Crippen LogP contribution is 2.22. The molecule has 1 aromatic carbocycles. The Labute approximate surface area is 111 Å². The molecule has 0 aromatic heterocycles. The van der Waals surface area contributed by atoms with E-state index in [2.05, 4.69) is 5.32 Å². The quantitative estimate of drug-likeness (QED) is 0.836. The van der Waals surface area contributed by atoms with E-state index in [0.29, 0.717) is 22.6 Å². The highest BCUT2D eigenvalue weighted by Gasteiger charge is 2.16. The molecule has 1 amide bonds. The highest BCUT2D eigenvalue weighted by molar-refractivity contribution is 6.30. The van der Waals surface area contributed by atoms with Gasteiger partial charge in [-0.2, -0.15) is 0 Å². The lowest BCUT2D eigenvalue weighted by Gasteiger charge is -2.17. The molecule has 0 aliphatic carbocycles. The van der Waals surface area contributed by atoms with Crippen molar-refractivity contribution >= 4 is 23.8 Å². The monoisotopic (exact) mass is 269 g/mol. The van der Waals surface area contributed by atoms with Crippen LogP contribution in [0.25, 0.3) is 0 Å². The summed E-state index contributed by atoms with van der Waals surface area (Å²) >= 11 is 5.77. The van der Waals surface area contributed by atoms with Crippen molar-refractivity contribution < 1.29 is 14.3 Å². The van der Waals surface area contributed by atoms with Crippen molar-refractivity contribution in [3.63, 3.8) is 0 Å². The van der Waals surface area contributed by atoms with Gasteiger partial charge in [-0.05, 0) is 39.0 Å². The molecule has 0 fully saturated rings. The van der Waals surface area contributed by atoms with Crippen molar-refractivity contribution in [2.45, 2.75) is 32.9 Å². The third kappa shape index (κ3) is 4.04. The van der Waals surface area contributed by atoms with E-state index in [9.17, 15) is 9.59 Å². The molecule has 1 rings (SSSR count). The Morgan fingerprint density at radius 1 is 1.39 bits per heavy atom. The Kier molecular flexibility index (Phi) is 5.16. The summed E-state index contributed by atoms with van der Waals surface area (Å²) in [5.74, 6) is 0.123. The molecule has 1 N–H and O–H groups in total. The van der Waals surface area contributed by atoms with Gasteiger partial charge in [-0.3, -0.25) is 9.59 Å². The Morgan fingerprint density at radius 3 is 2.61 bits per heavy atom. The molecule has 0 aliphatic heterocycles. The standard InChI is InChI=1S/C13H16ClNO3/c1-8(2)15-13(17)9(3)18-12-5-4-11(14)6-10(12)7-16/h4-9H,1-3H3,(H,15,17). The predicted octanol–water partition coefficient (Wildman–Crippen LogP) is 2.44. The maximum Gasteiger partial charge on any atom is 0.260 e. The number of halogens is 1. The minimum atomic E-state index is -0.674. The average molecular weight is 270 g/mol.